The first kappa shape index (κ1) is 23.2. The van der Waals surface area contributed by atoms with E-state index in [1.807, 2.05) is 6.07 Å². The summed E-state index contributed by atoms with van der Waals surface area (Å²) in [6.45, 7) is 5.69. The maximum atomic E-state index is 13.2. The summed E-state index contributed by atoms with van der Waals surface area (Å²) in [6, 6.07) is 15.1. The normalized spacial score (nSPS) is 17.6. The number of thioether (sulfide) groups is 1. The number of nitrogens with one attached hydrogen (secondary N) is 2. The summed E-state index contributed by atoms with van der Waals surface area (Å²) >= 11 is 1.03. The first-order valence-corrected chi connectivity index (χ1v) is 11.6. The van der Waals surface area contributed by atoms with Crippen LogP contribution in [0, 0.1) is 0 Å². The summed E-state index contributed by atoms with van der Waals surface area (Å²) in [7, 11) is 0. The lowest BCUT2D eigenvalue weighted by molar-refractivity contribution is -0.138. The quantitative estimate of drug-likeness (QED) is 0.223. The molecule has 0 radical (unpaired) electrons. The molecule has 3 aromatic rings. The molecule has 0 spiro atoms. The van der Waals surface area contributed by atoms with Crippen molar-refractivity contribution in [3.05, 3.63) is 83.2 Å². The molecule has 1 aliphatic rings. The van der Waals surface area contributed by atoms with E-state index in [4.69, 9.17) is 0 Å². The number of amides is 4. The van der Waals surface area contributed by atoms with E-state index in [-0.39, 0.29) is 17.9 Å². The van der Waals surface area contributed by atoms with Gasteiger partial charge in [-0.05, 0) is 24.1 Å². The highest BCUT2D eigenvalue weighted by molar-refractivity contribution is 7.99. The van der Waals surface area contributed by atoms with E-state index in [0.717, 1.165) is 11.8 Å². The van der Waals surface area contributed by atoms with Crippen molar-refractivity contribution in [3.63, 3.8) is 0 Å². The number of hydrogen-bond donors (Lipinski definition) is 2. The minimum Gasteiger partial charge on any atom is -0.318 e. The second kappa shape index (κ2) is 9.52. The van der Waals surface area contributed by atoms with Crippen LogP contribution in [-0.2, 0) is 21.7 Å². The number of carbonyl (C=O) groups is 3. The minimum atomic E-state index is -1.25. The lowest BCUT2D eigenvalue weighted by Gasteiger charge is -2.25. The van der Waals surface area contributed by atoms with E-state index < -0.39 is 23.4 Å². The highest BCUT2D eigenvalue weighted by Gasteiger charge is 2.52. The topological polar surface area (TPSA) is 113 Å². The van der Waals surface area contributed by atoms with Crippen LogP contribution in [0.1, 0.15) is 18.9 Å². The number of benzene rings is 2. The van der Waals surface area contributed by atoms with Gasteiger partial charge >= 0.3 is 6.03 Å². The number of hydrogen-bond acceptors (Lipinski definition) is 6. The SMILES string of the molecule is C=CCn1c(SCC(=O)NN2C(=O)NC(CC)(c3ccccc3)C2=O)nc2ccccc2c1=O. The molecule has 4 amide bonds. The third-order valence-corrected chi connectivity index (χ3v) is 6.57. The fourth-order valence-corrected chi connectivity index (χ4v) is 4.67. The van der Waals surface area contributed by atoms with Gasteiger partial charge in [-0.2, -0.15) is 5.01 Å². The Hall–Kier alpha value is -3.92. The zero-order valence-electron chi connectivity index (χ0n) is 18.5. The minimum absolute atomic E-state index is 0.163. The van der Waals surface area contributed by atoms with Gasteiger partial charge in [-0.1, -0.05) is 67.2 Å². The smallest absolute Gasteiger partial charge is 0.318 e. The molecule has 2 aromatic carbocycles. The Balaban J connectivity index is 1.52. The van der Waals surface area contributed by atoms with Crippen LogP contribution >= 0.6 is 11.8 Å². The van der Waals surface area contributed by atoms with Crippen LogP contribution in [0.15, 0.2) is 77.2 Å². The summed E-state index contributed by atoms with van der Waals surface area (Å²) in [5.41, 5.74) is 2.05. The van der Waals surface area contributed by atoms with E-state index >= 15 is 0 Å². The summed E-state index contributed by atoms with van der Waals surface area (Å²) < 4.78 is 1.43. The van der Waals surface area contributed by atoms with Crippen LogP contribution in [0.5, 0.6) is 0 Å². The summed E-state index contributed by atoms with van der Waals surface area (Å²) in [5.74, 6) is -1.30. The Kier molecular flexibility index (Phi) is 6.51. The number of hydrazine groups is 1. The number of fused-ring (bicyclic) bond motifs is 1. The molecule has 0 saturated carbocycles. The number of para-hydroxylation sites is 1. The van der Waals surface area contributed by atoms with Gasteiger partial charge in [0.05, 0.1) is 16.7 Å². The third kappa shape index (κ3) is 4.08. The van der Waals surface area contributed by atoms with Gasteiger partial charge in [0.15, 0.2) is 5.16 Å². The number of nitrogens with zero attached hydrogens (tertiary/aromatic N) is 3. The fourth-order valence-electron chi connectivity index (χ4n) is 3.87. The molecule has 1 aliphatic heterocycles. The Morgan fingerprint density at radius 3 is 2.56 bits per heavy atom. The van der Waals surface area contributed by atoms with Crippen LogP contribution in [0.3, 0.4) is 0 Å². The zero-order valence-corrected chi connectivity index (χ0v) is 19.3. The van der Waals surface area contributed by atoms with Crippen molar-refractivity contribution in [2.24, 2.45) is 0 Å². The first-order chi connectivity index (χ1) is 16.4. The van der Waals surface area contributed by atoms with Gasteiger partial charge in [-0.3, -0.25) is 24.4 Å². The Morgan fingerprint density at radius 1 is 1.15 bits per heavy atom. The maximum Gasteiger partial charge on any atom is 0.344 e. The molecule has 1 aromatic heterocycles. The van der Waals surface area contributed by atoms with Gasteiger partial charge in [0.1, 0.15) is 5.54 Å². The third-order valence-electron chi connectivity index (χ3n) is 5.60. The van der Waals surface area contributed by atoms with E-state index in [2.05, 4.69) is 22.3 Å². The van der Waals surface area contributed by atoms with Crippen molar-refractivity contribution in [2.45, 2.75) is 30.6 Å². The second-order valence-corrected chi connectivity index (χ2v) is 8.58. The average molecular weight is 478 g/mol. The highest BCUT2D eigenvalue weighted by atomic mass is 32.2. The van der Waals surface area contributed by atoms with Crippen LogP contribution in [0.2, 0.25) is 0 Å². The molecule has 0 aliphatic carbocycles. The van der Waals surface area contributed by atoms with Gasteiger partial charge in [0.2, 0.25) is 5.91 Å². The number of rotatable bonds is 8. The molecule has 9 nitrogen and oxygen atoms in total. The first-order valence-electron chi connectivity index (χ1n) is 10.7. The van der Waals surface area contributed by atoms with E-state index in [1.165, 1.54) is 4.57 Å². The monoisotopic (exact) mass is 477 g/mol. The van der Waals surface area contributed by atoms with E-state index in [1.54, 1.807) is 61.5 Å². The molecule has 1 unspecified atom stereocenters. The molecule has 174 valence electrons. The maximum absolute atomic E-state index is 13.2. The van der Waals surface area contributed by atoms with E-state index in [0.29, 0.717) is 33.1 Å². The number of imide groups is 1. The average Bonchev–Trinajstić information content (AvgIpc) is 3.10. The predicted octanol–water partition coefficient (Wildman–Crippen LogP) is 2.56. The van der Waals surface area contributed by atoms with Gasteiger partial charge in [0.25, 0.3) is 11.5 Å². The second-order valence-electron chi connectivity index (χ2n) is 7.64. The summed E-state index contributed by atoms with van der Waals surface area (Å²) in [4.78, 5) is 55.8. The number of aromatic nitrogens is 2. The standard InChI is InChI=1S/C24H23N5O4S/c1-3-14-28-20(31)17-12-8-9-13-18(17)25-23(28)34-15-19(30)27-29-21(32)24(4-2,26-22(29)33)16-10-6-5-7-11-16/h3,5-13H,1,4,14-15H2,2H3,(H,26,33)(H,27,30). The lowest BCUT2D eigenvalue weighted by atomic mass is 9.87. The summed E-state index contributed by atoms with van der Waals surface area (Å²) in [5, 5.41) is 4.23. The molecular formula is C24H23N5O4S. The zero-order chi connectivity index (χ0) is 24.3. The molecule has 1 atom stereocenters. The van der Waals surface area contributed by atoms with Crippen molar-refractivity contribution in [1.82, 2.24) is 25.3 Å². The molecule has 2 N–H and O–H groups in total. The molecule has 4 rings (SSSR count). The fraction of sp³-hybridized carbons (Fsp3) is 0.208. The molecule has 34 heavy (non-hydrogen) atoms. The van der Waals surface area contributed by atoms with Crippen LogP contribution in [-0.4, -0.2) is 38.2 Å². The Labute approximate surface area is 199 Å². The van der Waals surface area contributed by atoms with E-state index in [9.17, 15) is 19.2 Å². The van der Waals surface area contributed by atoms with Crippen molar-refractivity contribution >= 4 is 40.5 Å². The molecule has 0 bridgehead atoms. The molecule has 10 heteroatoms. The molecular weight excluding hydrogens is 454 g/mol. The van der Waals surface area contributed by atoms with Gasteiger partial charge < -0.3 is 5.32 Å². The number of allylic oxidation sites excluding steroid dienone is 1. The van der Waals surface area contributed by atoms with Crippen LogP contribution in [0.4, 0.5) is 4.79 Å². The van der Waals surface area contributed by atoms with Crippen molar-refractivity contribution in [1.29, 1.82) is 0 Å². The van der Waals surface area contributed by atoms with Gasteiger partial charge in [-0.25, -0.2) is 9.78 Å². The molecule has 2 heterocycles. The van der Waals surface area contributed by atoms with Gasteiger partial charge in [0, 0.05) is 6.54 Å². The van der Waals surface area contributed by atoms with Gasteiger partial charge in [-0.15, -0.1) is 6.58 Å². The molecule has 1 saturated heterocycles. The van der Waals surface area contributed by atoms with Crippen molar-refractivity contribution in [3.8, 4) is 0 Å². The molecule has 1 fully saturated rings. The summed E-state index contributed by atoms with van der Waals surface area (Å²) in [6.07, 6.45) is 1.89. The lowest BCUT2D eigenvalue weighted by Crippen LogP contribution is -2.49. The van der Waals surface area contributed by atoms with Crippen molar-refractivity contribution in [2.75, 3.05) is 5.75 Å². The van der Waals surface area contributed by atoms with Crippen LogP contribution in [0.25, 0.3) is 10.9 Å². The highest BCUT2D eigenvalue weighted by Crippen LogP contribution is 2.31. The van der Waals surface area contributed by atoms with Crippen molar-refractivity contribution < 1.29 is 14.4 Å². The largest absolute Gasteiger partial charge is 0.344 e. The Bertz CT molecular complexity index is 1340. The predicted molar refractivity (Wildman–Crippen MR) is 129 cm³/mol. The van der Waals surface area contributed by atoms with Crippen LogP contribution < -0.4 is 16.3 Å². The number of urea groups is 1. The Morgan fingerprint density at radius 2 is 1.85 bits per heavy atom. The number of carbonyl (C=O) groups excluding carboxylic acids is 3.